The molecule has 5 heteroatoms. The van der Waals surface area contributed by atoms with E-state index < -0.39 is 10.1 Å². The molecule has 0 aliphatic carbocycles. The lowest BCUT2D eigenvalue weighted by molar-refractivity contribution is -0.592. The summed E-state index contributed by atoms with van der Waals surface area (Å²) in [6, 6.07) is 37.9. The van der Waals surface area contributed by atoms with Crippen molar-refractivity contribution in [3.8, 4) is 0 Å². The molecule has 0 aliphatic heterocycles. The maximum absolute atomic E-state index is 10.3. The Hall–Kier alpha value is -2.74. The summed E-state index contributed by atoms with van der Waals surface area (Å²) >= 11 is -0.176. The average Bonchev–Trinajstić information content (AvgIpc) is 2.80. The zero-order valence-corrected chi connectivity index (χ0v) is 19.5. The lowest BCUT2D eigenvalue weighted by atomic mass is 10.1. The molecule has 0 atom stereocenters. The summed E-state index contributed by atoms with van der Waals surface area (Å²) < 4.78 is 33.8. The zero-order chi connectivity index (χ0) is 21.7. The van der Waals surface area contributed by atoms with Crippen molar-refractivity contribution in [3.05, 3.63) is 122 Å². The summed E-state index contributed by atoms with van der Waals surface area (Å²) in [6.45, 7) is 0. The highest BCUT2D eigenvalue weighted by Gasteiger charge is 2.20. The lowest BCUT2D eigenvalue weighted by Gasteiger charge is -2.04. The van der Waals surface area contributed by atoms with Gasteiger partial charge >= 0.3 is 21.2 Å². The number of halogens is 1. The molecular weight excluding hydrogens is 519 g/mol. The van der Waals surface area contributed by atoms with Crippen LogP contribution in [0.15, 0.2) is 120 Å². The third-order valence-corrected chi connectivity index (χ3v) is 8.60. The normalized spacial score (nSPS) is 11.1. The second-order valence-electron chi connectivity index (χ2n) is 6.78. The Morgan fingerprint density at radius 2 is 0.935 bits per heavy atom. The predicted molar refractivity (Wildman–Crippen MR) is 120 cm³/mol. The fourth-order valence-corrected chi connectivity index (χ4v) is 6.69. The Morgan fingerprint density at radius 3 is 1.39 bits per heavy atom. The summed E-state index contributed by atoms with van der Waals surface area (Å²) in [5.41, 5.74) is 0. The van der Waals surface area contributed by atoms with E-state index in [1.54, 1.807) is 6.07 Å². The first-order chi connectivity index (χ1) is 15.0. The van der Waals surface area contributed by atoms with Gasteiger partial charge in [-0.2, -0.15) is 0 Å². The summed E-state index contributed by atoms with van der Waals surface area (Å²) in [7, 11) is -4.25. The Balaban J connectivity index is 0.000000196. The van der Waals surface area contributed by atoms with Crippen LogP contribution < -0.4 is 21.2 Å². The molecule has 0 heterocycles. The van der Waals surface area contributed by atoms with Gasteiger partial charge in [-0.05, 0) is 47.2 Å². The fourth-order valence-electron chi connectivity index (χ4n) is 3.23. The van der Waals surface area contributed by atoms with Crippen LogP contribution in [-0.2, 0) is 10.1 Å². The summed E-state index contributed by atoms with van der Waals surface area (Å²) in [4.78, 5) is -0.185. The van der Waals surface area contributed by atoms with Gasteiger partial charge in [0.2, 0.25) is 7.14 Å². The molecule has 0 N–H and O–H groups in total. The van der Waals surface area contributed by atoms with E-state index in [2.05, 4.69) is 84.9 Å². The van der Waals surface area contributed by atoms with Gasteiger partial charge in [0.15, 0.2) is 0 Å². The summed E-state index contributed by atoms with van der Waals surface area (Å²) in [5, 5.41) is 5.49. The SMILES string of the molecule is O=S(=O)([O-])c1ccccc1.c1ccc2c([I+]c3cccc4ccccc34)cccc2c1. The van der Waals surface area contributed by atoms with Gasteiger partial charge in [0.25, 0.3) is 0 Å². The van der Waals surface area contributed by atoms with Crippen molar-refractivity contribution in [2.45, 2.75) is 4.90 Å². The minimum absolute atomic E-state index is 0.176. The standard InChI is InChI=1S/C20H14I.C6H6O3S/c1-3-11-17-15(7-1)9-5-13-19(17)21-20-14-6-10-16-8-2-4-12-18(16)20;7-10(8,9)6-4-2-1-3-5-6/h1-14H;1-5H,(H,7,8,9)/q+1;/p-1. The molecule has 0 amide bonds. The molecule has 5 aromatic rings. The van der Waals surface area contributed by atoms with E-state index in [4.69, 9.17) is 0 Å². The van der Waals surface area contributed by atoms with Crippen LogP contribution in [0.4, 0.5) is 0 Å². The quantitative estimate of drug-likeness (QED) is 0.262. The van der Waals surface area contributed by atoms with Crippen LogP contribution in [0.5, 0.6) is 0 Å². The largest absolute Gasteiger partial charge is 0.744 e. The van der Waals surface area contributed by atoms with Crippen molar-refractivity contribution >= 4 is 31.7 Å². The molecule has 0 unspecified atom stereocenters. The maximum Gasteiger partial charge on any atom is 0.359 e. The van der Waals surface area contributed by atoms with Gasteiger partial charge in [-0.15, -0.1) is 0 Å². The highest BCUT2D eigenvalue weighted by Crippen LogP contribution is 2.14. The first kappa shape index (κ1) is 21.5. The fraction of sp³-hybridized carbons (Fsp3) is 0. The third kappa shape index (κ3) is 5.31. The second kappa shape index (κ2) is 9.60. The molecule has 5 aromatic carbocycles. The minimum atomic E-state index is -4.25. The summed E-state index contributed by atoms with van der Waals surface area (Å²) in [5.74, 6) is 0. The zero-order valence-electron chi connectivity index (χ0n) is 16.5. The molecule has 0 radical (unpaired) electrons. The molecule has 0 fully saturated rings. The number of rotatable bonds is 3. The van der Waals surface area contributed by atoms with Crippen LogP contribution in [0.2, 0.25) is 0 Å². The van der Waals surface area contributed by atoms with Gasteiger partial charge in [-0.3, -0.25) is 0 Å². The van der Waals surface area contributed by atoms with Crippen LogP contribution in [0.1, 0.15) is 0 Å². The van der Waals surface area contributed by atoms with E-state index in [-0.39, 0.29) is 26.1 Å². The average molecular weight is 538 g/mol. The van der Waals surface area contributed by atoms with Gasteiger partial charge in [0.05, 0.1) is 4.90 Å². The molecule has 3 nitrogen and oxygen atoms in total. The van der Waals surface area contributed by atoms with Crippen molar-refractivity contribution in [2.24, 2.45) is 0 Å². The van der Waals surface area contributed by atoms with E-state index >= 15 is 0 Å². The van der Waals surface area contributed by atoms with Crippen LogP contribution in [0.25, 0.3) is 21.5 Å². The van der Waals surface area contributed by atoms with Gasteiger partial charge < -0.3 is 4.55 Å². The van der Waals surface area contributed by atoms with Gasteiger partial charge in [0.1, 0.15) is 10.1 Å². The number of fused-ring (bicyclic) bond motifs is 2. The minimum Gasteiger partial charge on any atom is -0.744 e. The molecular formula is C26H19IO3S. The van der Waals surface area contributed by atoms with Crippen LogP contribution in [-0.4, -0.2) is 13.0 Å². The molecule has 0 saturated heterocycles. The van der Waals surface area contributed by atoms with E-state index in [1.165, 1.54) is 53.0 Å². The molecule has 0 aliphatic rings. The van der Waals surface area contributed by atoms with Crippen molar-refractivity contribution in [1.29, 1.82) is 0 Å². The van der Waals surface area contributed by atoms with Gasteiger partial charge in [-0.1, -0.05) is 78.9 Å². The van der Waals surface area contributed by atoms with E-state index in [0.29, 0.717) is 0 Å². The maximum atomic E-state index is 10.3. The predicted octanol–water partition coefficient (Wildman–Crippen LogP) is 2.71. The highest BCUT2D eigenvalue weighted by atomic mass is 127. The van der Waals surface area contributed by atoms with Crippen LogP contribution >= 0.6 is 0 Å². The Kier molecular flexibility index (Phi) is 6.65. The molecule has 0 saturated carbocycles. The van der Waals surface area contributed by atoms with E-state index in [0.717, 1.165) is 0 Å². The van der Waals surface area contributed by atoms with Gasteiger partial charge in [-0.25, -0.2) is 8.42 Å². The number of hydrogen-bond acceptors (Lipinski definition) is 3. The smallest absolute Gasteiger partial charge is 0.359 e. The Labute approximate surface area is 192 Å². The number of benzene rings is 5. The van der Waals surface area contributed by atoms with Crippen LogP contribution in [0.3, 0.4) is 0 Å². The van der Waals surface area contributed by atoms with E-state index in [1.807, 2.05) is 0 Å². The topological polar surface area (TPSA) is 57.2 Å². The Bertz CT molecular complexity index is 1340. The molecule has 0 aromatic heterocycles. The summed E-state index contributed by atoms with van der Waals surface area (Å²) in [6.07, 6.45) is 0. The Morgan fingerprint density at radius 1 is 0.516 bits per heavy atom. The monoisotopic (exact) mass is 538 g/mol. The highest BCUT2D eigenvalue weighted by molar-refractivity contribution is 7.85. The van der Waals surface area contributed by atoms with Crippen molar-refractivity contribution in [3.63, 3.8) is 0 Å². The molecule has 31 heavy (non-hydrogen) atoms. The van der Waals surface area contributed by atoms with Crippen molar-refractivity contribution < 1.29 is 34.2 Å². The van der Waals surface area contributed by atoms with Crippen LogP contribution in [0, 0.1) is 7.14 Å². The molecule has 5 rings (SSSR count). The molecule has 0 spiro atoms. The van der Waals surface area contributed by atoms with Gasteiger partial charge in [0, 0.05) is 10.8 Å². The van der Waals surface area contributed by atoms with Crippen molar-refractivity contribution in [2.75, 3.05) is 0 Å². The molecule has 154 valence electrons. The number of hydrogen-bond donors (Lipinski definition) is 0. The molecule has 0 bridgehead atoms. The first-order valence-corrected chi connectivity index (χ1v) is 13.2. The lowest BCUT2D eigenvalue weighted by Crippen LogP contribution is -3.61. The second-order valence-corrected chi connectivity index (χ2v) is 11.0. The first-order valence-electron chi connectivity index (χ1n) is 9.64. The van der Waals surface area contributed by atoms with E-state index in [9.17, 15) is 13.0 Å². The van der Waals surface area contributed by atoms with Crippen molar-refractivity contribution in [1.82, 2.24) is 0 Å². The third-order valence-electron chi connectivity index (χ3n) is 4.71.